The van der Waals surface area contributed by atoms with Crippen LogP contribution >= 0.6 is 11.6 Å². The Labute approximate surface area is 95.8 Å². The van der Waals surface area contributed by atoms with E-state index in [1.54, 1.807) is 18.5 Å². The minimum absolute atomic E-state index is 0.105. The molecule has 2 heterocycles. The summed E-state index contributed by atoms with van der Waals surface area (Å²) in [5, 5.41) is 8.96. The summed E-state index contributed by atoms with van der Waals surface area (Å²) < 4.78 is 0. The molecule has 0 saturated heterocycles. The summed E-state index contributed by atoms with van der Waals surface area (Å²) >= 11 is 5.70. The normalized spacial score (nSPS) is 10.1. The van der Waals surface area contributed by atoms with Crippen molar-refractivity contribution in [3.63, 3.8) is 0 Å². The number of rotatable bonds is 2. The van der Waals surface area contributed by atoms with Gasteiger partial charge >= 0.3 is 5.97 Å². The smallest absolute Gasteiger partial charge is 0.356 e. The molecule has 16 heavy (non-hydrogen) atoms. The van der Waals surface area contributed by atoms with Crippen molar-refractivity contribution in [3.05, 3.63) is 41.6 Å². The molecule has 0 aromatic carbocycles. The van der Waals surface area contributed by atoms with E-state index < -0.39 is 5.97 Å². The predicted octanol–water partition coefficient (Wildman–Crippen LogP) is 1.89. The summed E-state index contributed by atoms with van der Waals surface area (Å²) in [4.78, 5) is 22.4. The van der Waals surface area contributed by atoms with Gasteiger partial charge in [0.2, 0.25) is 0 Å². The summed E-state index contributed by atoms with van der Waals surface area (Å²) in [6.07, 6.45) is 4.49. The number of carbonyl (C=O) groups is 1. The molecule has 0 amide bonds. The van der Waals surface area contributed by atoms with Gasteiger partial charge in [0.1, 0.15) is 6.33 Å². The third kappa shape index (κ3) is 1.99. The number of carboxylic acid groups (broad SMARTS) is 1. The van der Waals surface area contributed by atoms with Gasteiger partial charge < -0.3 is 5.11 Å². The highest BCUT2D eigenvalue weighted by Crippen LogP contribution is 2.20. The number of hydrogen-bond donors (Lipinski definition) is 1. The highest BCUT2D eigenvalue weighted by atomic mass is 35.5. The van der Waals surface area contributed by atoms with E-state index in [-0.39, 0.29) is 10.7 Å². The number of aromatic carboxylic acids is 1. The minimum Gasteiger partial charge on any atom is -0.476 e. The van der Waals surface area contributed by atoms with Crippen LogP contribution in [0.5, 0.6) is 0 Å². The van der Waals surface area contributed by atoms with Crippen LogP contribution in [-0.4, -0.2) is 26.0 Å². The molecular formula is C10H6ClN3O2. The first-order chi connectivity index (χ1) is 7.68. The van der Waals surface area contributed by atoms with Crippen LogP contribution in [0.2, 0.25) is 5.02 Å². The lowest BCUT2D eigenvalue weighted by Crippen LogP contribution is -2.02. The number of hydrogen-bond acceptors (Lipinski definition) is 4. The van der Waals surface area contributed by atoms with Crippen molar-refractivity contribution >= 4 is 17.6 Å². The van der Waals surface area contributed by atoms with Crippen molar-refractivity contribution in [3.8, 4) is 11.3 Å². The molecule has 0 saturated carbocycles. The lowest BCUT2D eigenvalue weighted by Gasteiger charge is -2.02. The molecule has 0 unspecified atom stereocenters. The van der Waals surface area contributed by atoms with Crippen molar-refractivity contribution in [2.24, 2.45) is 0 Å². The van der Waals surface area contributed by atoms with Crippen LogP contribution in [0.3, 0.4) is 0 Å². The molecular weight excluding hydrogens is 230 g/mol. The Hall–Kier alpha value is -2.01. The van der Waals surface area contributed by atoms with Gasteiger partial charge in [0.05, 0.1) is 10.7 Å². The monoisotopic (exact) mass is 235 g/mol. The topological polar surface area (TPSA) is 76.0 Å². The molecule has 0 aliphatic carbocycles. The van der Waals surface area contributed by atoms with E-state index in [9.17, 15) is 4.79 Å². The zero-order valence-corrected chi connectivity index (χ0v) is 8.72. The Balaban J connectivity index is 2.52. The predicted molar refractivity (Wildman–Crippen MR) is 57.2 cm³/mol. The van der Waals surface area contributed by atoms with E-state index in [4.69, 9.17) is 16.7 Å². The summed E-state index contributed by atoms with van der Waals surface area (Å²) in [5.41, 5.74) is 0.937. The summed E-state index contributed by atoms with van der Waals surface area (Å²) in [6, 6.07) is 3.10. The van der Waals surface area contributed by atoms with Crippen molar-refractivity contribution in [1.29, 1.82) is 0 Å². The zero-order valence-electron chi connectivity index (χ0n) is 7.96. The molecule has 0 bridgehead atoms. The van der Waals surface area contributed by atoms with E-state index in [1.165, 1.54) is 12.4 Å². The molecule has 0 atom stereocenters. The molecule has 2 rings (SSSR count). The molecule has 2 aromatic heterocycles. The van der Waals surface area contributed by atoms with Gasteiger partial charge in [0.15, 0.2) is 5.69 Å². The lowest BCUT2D eigenvalue weighted by atomic mass is 10.2. The van der Waals surface area contributed by atoms with Gasteiger partial charge in [0, 0.05) is 18.0 Å². The van der Waals surface area contributed by atoms with Crippen LogP contribution in [0.4, 0.5) is 0 Å². The Bertz CT molecular complexity index is 531. The first-order valence-corrected chi connectivity index (χ1v) is 4.71. The average Bonchev–Trinajstić information content (AvgIpc) is 2.30. The van der Waals surface area contributed by atoms with Gasteiger partial charge in [-0.3, -0.25) is 0 Å². The molecule has 1 N–H and O–H groups in total. The number of halogens is 1. The Kier molecular flexibility index (Phi) is 2.78. The molecule has 80 valence electrons. The minimum atomic E-state index is -1.16. The van der Waals surface area contributed by atoms with Crippen molar-refractivity contribution < 1.29 is 9.90 Å². The van der Waals surface area contributed by atoms with Crippen LogP contribution < -0.4 is 0 Å². The van der Waals surface area contributed by atoms with Crippen molar-refractivity contribution in [2.45, 2.75) is 0 Å². The third-order valence-corrected chi connectivity index (χ3v) is 2.21. The second-order valence-corrected chi connectivity index (χ2v) is 3.37. The standard InChI is InChI=1S/C10H6ClN3O2/c11-7-1-2-8(14-9(7)10(15)16)6-3-12-5-13-4-6/h1-5H,(H,15,16). The maximum Gasteiger partial charge on any atom is 0.356 e. The molecule has 0 spiro atoms. The first-order valence-electron chi connectivity index (χ1n) is 4.33. The molecule has 0 fully saturated rings. The van der Waals surface area contributed by atoms with Gasteiger partial charge in [-0.25, -0.2) is 19.7 Å². The van der Waals surface area contributed by atoms with E-state index in [0.29, 0.717) is 11.3 Å². The van der Waals surface area contributed by atoms with Gasteiger partial charge in [-0.2, -0.15) is 0 Å². The summed E-state index contributed by atoms with van der Waals surface area (Å²) in [5.74, 6) is -1.16. The second-order valence-electron chi connectivity index (χ2n) is 2.96. The van der Waals surface area contributed by atoms with E-state index in [0.717, 1.165) is 0 Å². The van der Waals surface area contributed by atoms with Gasteiger partial charge in [-0.1, -0.05) is 11.6 Å². The zero-order chi connectivity index (χ0) is 11.5. The van der Waals surface area contributed by atoms with Crippen LogP contribution in [0, 0.1) is 0 Å². The summed E-state index contributed by atoms with van der Waals surface area (Å²) in [7, 11) is 0. The maximum absolute atomic E-state index is 10.8. The van der Waals surface area contributed by atoms with Crippen LogP contribution in [-0.2, 0) is 0 Å². The Morgan fingerprint density at radius 1 is 1.25 bits per heavy atom. The molecule has 0 radical (unpaired) electrons. The van der Waals surface area contributed by atoms with Crippen LogP contribution in [0.1, 0.15) is 10.5 Å². The van der Waals surface area contributed by atoms with E-state index in [2.05, 4.69) is 15.0 Å². The lowest BCUT2D eigenvalue weighted by molar-refractivity contribution is 0.0691. The molecule has 0 aliphatic heterocycles. The quantitative estimate of drug-likeness (QED) is 0.860. The largest absolute Gasteiger partial charge is 0.476 e. The van der Waals surface area contributed by atoms with E-state index >= 15 is 0 Å². The molecule has 5 nitrogen and oxygen atoms in total. The van der Waals surface area contributed by atoms with Crippen LogP contribution in [0.15, 0.2) is 30.9 Å². The maximum atomic E-state index is 10.8. The number of pyridine rings is 1. The Morgan fingerprint density at radius 3 is 2.56 bits per heavy atom. The third-order valence-electron chi connectivity index (χ3n) is 1.90. The van der Waals surface area contributed by atoms with Crippen molar-refractivity contribution in [1.82, 2.24) is 15.0 Å². The van der Waals surface area contributed by atoms with Crippen LogP contribution in [0.25, 0.3) is 11.3 Å². The average molecular weight is 236 g/mol. The SMILES string of the molecule is O=C(O)c1nc(-c2cncnc2)ccc1Cl. The fraction of sp³-hybridized carbons (Fsp3) is 0. The van der Waals surface area contributed by atoms with Crippen molar-refractivity contribution in [2.75, 3.05) is 0 Å². The van der Waals surface area contributed by atoms with Gasteiger partial charge in [-0.15, -0.1) is 0 Å². The Morgan fingerprint density at radius 2 is 1.94 bits per heavy atom. The van der Waals surface area contributed by atoms with Gasteiger partial charge in [-0.05, 0) is 12.1 Å². The molecule has 2 aromatic rings. The summed E-state index contributed by atoms with van der Waals surface area (Å²) in [6.45, 7) is 0. The fourth-order valence-electron chi connectivity index (χ4n) is 1.18. The first kappa shape index (κ1) is 10.5. The highest BCUT2D eigenvalue weighted by Gasteiger charge is 2.12. The van der Waals surface area contributed by atoms with Gasteiger partial charge in [0.25, 0.3) is 0 Å². The second kappa shape index (κ2) is 4.24. The van der Waals surface area contributed by atoms with E-state index in [1.807, 2.05) is 0 Å². The highest BCUT2D eigenvalue weighted by molar-refractivity contribution is 6.33. The fourth-order valence-corrected chi connectivity index (χ4v) is 1.37. The number of nitrogens with zero attached hydrogens (tertiary/aromatic N) is 3. The molecule has 0 aliphatic rings. The number of carboxylic acids is 1. The number of aromatic nitrogens is 3. The molecule has 6 heteroatoms.